The standard InChI is InChI=1S/C19H25N3O/c20-19(22-12-4-1-5-13-22)21-11-6-14-23-18-10-9-16-7-2-3-8-17(16)15-18/h2-3,7-10,15H,1,4-6,11-14H2,(H2,20,21). The Bertz CT molecular complexity index is 662. The largest absolute Gasteiger partial charge is 0.494 e. The number of ether oxygens (including phenoxy) is 1. The number of hydrogen-bond donors (Lipinski definition) is 1. The van der Waals surface area contributed by atoms with E-state index in [1.54, 1.807) is 0 Å². The number of hydrogen-bond acceptors (Lipinski definition) is 2. The van der Waals surface area contributed by atoms with Crippen LogP contribution in [0.5, 0.6) is 5.75 Å². The van der Waals surface area contributed by atoms with Crippen molar-refractivity contribution in [2.24, 2.45) is 10.7 Å². The highest BCUT2D eigenvalue weighted by Gasteiger charge is 2.11. The Morgan fingerprint density at radius 2 is 1.83 bits per heavy atom. The third kappa shape index (κ3) is 4.38. The van der Waals surface area contributed by atoms with Crippen LogP contribution in [0, 0.1) is 0 Å². The maximum Gasteiger partial charge on any atom is 0.191 e. The first kappa shape index (κ1) is 15.7. The summed E-state index contributed by atoms with van der Waals surface area (Å²) in [5.74, 6) is 1.60. The lowest BCUT2D eigenvalue weighted by Gasteiger charge is -2.27. The summed E-state index contributed by atoms with van der Waals surface area (Å²) in [6.07, 6.45) is 4.63. The maximum atomic E-state index is 6.04. The Hall–Kier alpha value is -2.23. The zero-order valence-electron chi connectivity index (χ0n) is 13.6. The molecule has 0 aliphatic carbocycles. The van der Waals surface area contributed by atoms with Crippen molar-refractivity contribution in [3.63, 3.8) is 0 Å². The van der Waals surface area contributed by atoms with E-state index in [9.17, 15) is 0 Å². The van der Waals surface area contributed by atoms with E-state index in [1.807, 2.05) is 18.2 Å². The molecule has 0 radical (unpaired) electrons. The molecule has 1 fully saturated rings. The fourth-order valence-electron chi connectivity index (χ4n) is 2.93. The second-order valence-corrected chi connectivity index (χ2v) is 6.00. The van der Waals surface area contributed by atoms with E-state index >= 15 is 0 Å². The molecule has 0 aromatic heterocycles. The number of piperidine rings is 1. The van der Waals surface area contributed by atoms with Gasteiger partial charge in [0.25, 0.3) is 0 Å². The average Bonchev–Trinajstić information content (AvgIpc) is 2.62. The molecule has 1 heterocycles. The highest BCUT2D eigenvalue weighted by Crippen LogP contribution is 2.20. The molecule has 1 aliphatic heterocycles. The third-order valence-corrected chi connectivity index (χ3v) is 4.25. The van der Waals surface area contributed by atoms with Crippen LogP contribution in [0.4, 0.5) is 0 Å². The molecule has 2 N–H and O–H groups in total. The number of nitrogens with zero attached hydrogens (tertiary/aromatic N) is 2. The summed E-state index contributed by atoms with van der Waals surface area (Å²) in [7, 11) is 0. The van der Waals surface area contributed by atoms with Gasteiger partial charge in [-0.25, -0.2) is 0 Å². The number of aliphatic imine (C=N–C) groups is 1. The first-order valence-corrected chi connectivity index (χ1v) is 8.49. The van der Waals surface area contributed by atoms with Crippen LogP contribution in [0.2, 0.25) is 0 Å². The average molecular weight is 311 g/mol. The molecule has 122 valence electrons. The quantitative estimate of drug-likeness (QED) is 0.523. The van der Waals surface area contributed by atoms with Crippen molar-refractivity contribution in [3.05, 3.63) is 42.5 Å². The number of guanidine groups is 1. The molecule has 1 aliphatic rings. The zero-order chi connectivity index (χ0) is 15.9. The summed E-state index contributed by atoms with van der Waals surface area (Å²) in [6, 6.07) is 14.5. The zero-order valence-corrected chi connectivity index (χ0v) is 13.6. The summed E-state index contributed by atoms with van der Waals surface area (Å²) < 4.78 is 5.82. The Balaban J connectivity index is 1.43. The minimum absolute atomic E-state index is 0.662. The topological polar surface area (TPSA) is 50.9 Å². The third-order valence-electron chi connectivity index (χ3n) is 4.25. The summed E-state index contributed by atoms with van der Waals surface area (Å²) in [6.45, 7) is 3.47. The van der Waals surface area contributed by atoms with Crippen LogP contribution in [0.1, 0.15) is 25.7 Å². The number of nitrogens with two attached hydrogens (primary N) is 1. The Morgan fingerprint density at radius 1 is 1.04 bits per heavy atom. The molecule has 0 atom stereocenters. The lowest BCUT2D eigenvalue weighted by atomic mass is 10.1. The molecular formula is C19H25N3O. The fourth-order valence-corrected chi connectivity index (χ4v) is 2.93. The summed E-state index contributed by atoms with van der Waals surface area (Å²) in [5.41, 5.74) is 6.04. The van der Waals surface area contributed by atoms with Gasteiger partial charge >= 0.3 is 0 Å². The van der Waals surface area contributed by atoms with Crippen LogP contribution in [0.25, 0.3) is 10.8 Å². The van der Waals surface area contributed by atoms with Gasteiger partial charge in [0.2, 0.25) is 0 Å². The summed E-state index contributed by atoms with van der Waals surface area (Å²) in [4.78, 5) is 6.66. The van der Waals surface area contributed by atoms with Crippen molar-refractivity contribution in [1.82, 2.24) is 4.90 Å². The molecule has 2 aromatic carbocycles. The summed E-state index contributed by atoms with van der Waals surface area (Å²) >= 11 is 0. The van der Waals surface area contributed by atoms with E-state index in [0.29, 0.717) is 12.6 Å². The normalized spacial score (nSPS) is 15.8. The van der Waals surface area contributed by atoms with E-state index in [-0.39, 0.29) is 0 Å². The molecule has 2 aromatic rings. The molecule has 0 amide bonds. The summed E-state index contributed by atoms with van der Waals surface area (Å²) in [5, 5.41) is 2.44. The minimum Gasteiger partial charge on any atom is -0.494 e. The van der Waals surface area contributed by atoms with Gasteiger partial charge in [-0.1, -0.05) is 30.3 Å². The smallest absolute Gasteiger partial charge is 0.191 e. The molecule has 0 unspecified atom stereocenters. The molecular weight excluding hydrogens is 286 g/mol. The molecule has 4 heteroatoms. The second-order valence-electron chi connectivity index (χ2n) is 6.00. The lowest BCUT2D eigenvalue weighted by Crippen LogP contribution is -2.40. The van der Waals surface area contributed by atoms with Gasteiger partial charge in [0.05, 0.1) is 6.61 Å². The minimum atomic E-state index is 0.662. The highest BCUT2D eigenvalue weighted by molar-refractivity contribution is 5.83. The van der Waals surface area contributed by atoms with Crippen LogP contribution < -0.4 is 10.5 Å². The van der Waals surface area contributed by atoms with Gasteiger partial charge < -0.3 is 15.4 Å². The van der Waals surface area contributed by atoms with Crippen molar-refractivity contribution >= 4 is 16.7 Å². The molecule has 23 heavy (non-hydrogen) atoms. The van der Waals surface area contributed by atoms with Crippen molar-refractivity contribution < 1.29 is 4.74 Å². The molecule has 0 saturated carbocycles. The number of fused-ring (bicyclic) bond motifs is 1. The number of benzene rings is 2. The predicted molar refractivity (Wildman–Crippen MR) is 96.0 cm³/mol. The Kier molecular flexibility index (Phi) is 5.35. The van der Waals surface area contributed by atoms with Gasteiger partial charge in [-0.05, 0) is 42.2 Å². The van der Waals surface area contributed by atoms with Crippen molar-refractivity contribution in [1.29, 1.82) is 0 Å². The first-order valence-electron chi connectivity index (χ1n) is 8.49. The molecule has 4 nitrogen and oxygen atoms in total. The Morgan fingerprint density at radius 3 is 2.65 bits per heavy atom. The van der Waals surface area contributed by atoms with Gasteiger partial charge in [-0.2, -0.15) is 0 Å². The monoisotopic (exact) mass is 311 g/mol. The van der Waals surface area contributed by atoms with Crippen LogP contribution in [0.15, 0.2) is 47.5 Å². The molecule has 1 saturated heterocycles. The number of rotatable bonds is 5. The van der Waals surface area contributed by atoms with E-state index in [1.165, 1.54) is 30.0 Å². The maximum absolute atomic E-state index is 6.04. The van der Waals surface area contributed by atoms with Crippen LogP contribution in [-0.2, 0) is 0 Å². The van der Waals surface area contributed by atoms with E-state index < -0.39 is 0 Å². The van der Waals surface area contributed by atoms with Crippen molar-refractivity contribution in [2.45, 2.75) is 25.7 Å². The molecule has 0 spiro atoms. The van der Waals surface area contributed by atoms with Crippen molar-refractivity contribution in [3.8, 4) is 5.75 Å². The molecule has 3 rings (SSSR count). The molecule has 0 bridgehead atoms. The van der Waals surface area contributed by atoms with Gasteiger partial charge in [0.15, 0.2) is 5.96 Å². The predicted octanol–water partition coefficient (Wildman–Crippen LogP) is 3.41. The number of likely N-dealkylation sites (tertiary alicyclic amines) is 1. The van der Waals surface area contributed by atoms with Gasteiger partial charge in [-0.3, -0.25) is 4.99 Å². The highest BCUT2D eigenvalue weighted by atomic mass is 16.5. The van der Waals surface area contributed by atoms with E-state index in [0.717, 1.165) is 31.8 Å². The van der Waals surface area contributed by atoms with Crippen LogP contribution in [0.3, 0.4) is 0 Å². The lowest BCUT2D eigenvalue weighted by molar-refractivity contribution is 0.312. The van der Waals surface area contributed by atoms with Crippen LogP contribution in [-0.4, -0.2) is 37.1 Å². The van der Waals surface area contributed by atoms with Gasteiger partial charge in [0, 0.05) is 26.1 Å². The van der Waals surface area contributed by atoms with Gasteiger partial charge in [-0.15, -0.1) is 0 Å². The van der Waals surface area contributed by atoms with Crippen LogP contribution >= 0.6 is 0 Å². The fraction of sp³-hybridized carbons (Fsp3) is 0.421. The van der Waals surface area contributed by atoms with Crippen molar-refractivity contribution in [2.75, 3.05) is 26.2 Å². The SMILES string of the molecule is NC(=NCCCOc1ccc2ccccc2c1)N1CCCCC1. The van der Waals surface area contributed by atoms with E-state index in [4.69, 9.17) is 10.5 Å². The Labute approximate surface area is 138 Å². The first-order chi connectivity index (χ1) is 11.3. The second kappa shape index (κ2) is 7.86. The van der Waals surface area contributed by atoms with Gasteiger partial charge in [0.1, 0.15) is 5.75 Å². The van der Waals surface area contributed by atoms with E-state index in [2.05, 4.69) is 34.2 Å².